The quantitative estimate of drug-likeness (QED) is 0.127. The fraction of sp³-hybridized carbons (Fsp3) is 0.182. The summed E-state index contributed by atoms with van der Waals surface area (Å²) in [5.74, 6) is 0. The van der Waals surface area contributed by atoms with Gasteiger partial charge in [-0.05, 0) is 194 Å². The Morgan fingerprint density at radius 3 is 1.41 bits per heavy atom. The normalized spacial score (nSPS) is 13.6. The summed E-state index contributed by atoms with van der Waals surface area (Å²) >= 11 is 0. The Labute approximate surface area is 258 Å². The highest BCUT2D eigenvalue weighted by Gasteiger charge is 2.17. The fourth-order valence-electron chi connectivity index (χ4n) is 8.27. The topological polar surface area (TPSA) is 0 Å². The van der Waals surface area contributed by atoms with E-state index in [9.17, 15) is 0 Å². The first-order chi connectivity index (χ1) is 21.2. The molecule has 0 amide bonds. The molecule has 0 nitrogen and oxygen atoms in total. The van der Waals surface area contributed by atoms with Gasteiger partial charge < -0.3 is 0 Å². The predicted octanol–water partition coefficient (Wildman–Crippen LogP) is 12.7. The fourth-order valence-corrected chi connectivity index (χ4v) is 8.27. The van der Waals surface area contributed by atoms with Crippen molar-refractivity contribution in [2.75, 3.05) is 0 Å². The van der Waals surface area contributed by atoms with Gasteiger partial charge >= 0.3 is 0 Å². The van der Waals surface area contributed by atoms with Gasteiger partial charge in [-0.15, -0.1) is 0 Å². The van der Waals surface area contributed by atoms with Crippen molar-refractivity contribution in [3.63, 3.8) is 0 Å². The summed E-state index contributed by atoms with van der Waals surface area (Å²) in [6, 6.07) is 31.3. The van der Waals surface area contributed by atoms with Crippen LogP contribution in [-0.2, 0) is 6.42 Å². The summed E-state index contributed by atoms with van der Waals surface area (Å²) in [7, 11) is 0. The van der Waals surface area contributed by atoms with Gasteiger partial charge in [-0.3, -0.25) is 0 Å². The summed E-state index contributed by atoms with van der Waals surface area (Å²) in [6.07, 6.45) is 4.71. The van der Waals surface area contributed by atoms with Crippen LogP contribution in [0, 0.1) is 34.6 Å². The Kier molecular flexibility index (Phi) is 5.23. The maximum Gasteiger partial charge on any atom is -0.00959 e. The van der Waals surface area contributed by atoms with Crippen molar-refractivity contribution < 1.29 is 0 Å². The third kappa shape index (κ3) is 3.58. The lowest BCUT2D eigenvalue weighted by molar-refractivity contribution is 0.930. The van der Waals surface area contributed by atoms with Crippen LogP contribution in [0.3, 0.4) is 0 Å². The average molecular weight is 565 g/mol. The lowest BCUT2D eigenvalue weighted by atomic mass is 9.85. The van der Waals surface area contributed by atoms with E-state index in [1.165, 1.54) is 126 Å². The number of hydrogen-bond donors (Lipinski definition) is 0. The summed E-state index contributed by atoms with van der Waals surface area (Å²) < 4.78 is 0. The highest BCUT2D eigenvalue weighted by molar-refractivity contribution is 6.26. The van der Waals surface area contributed by atoms with Crippen LogP contribution in [0.4, 0.5) is 0 Å². The van der Waals surface area contributed by atoms with Gasteiger partial charge in [0.1, 0.15) is 0 Å². The van der Waals surface area contributed by atoms with Gasteiger partial charge in [0.15, 0.2) is 0 Å². The number of allylic oxidation sites excluding steroid dienone is 1. The first kappa shape index (κ1) is 25.8. The molecule has 8 aromatic rings. The van der Waals surface area contributed by atoms with Crippen molar-refractivity contribution in [2.45, 2.75) is 54.4 Å². The molecule has 0 saturated carbocycles. The molecule has 9 rings (SSSR count). The Morgan fingerprint density at radius 1 is 0.364 bits per heavy atom. The lowest BCUT2D eigenvalue weighted by Gasteiger charge is -2.19. The molecule has 0 heteroatoms. The molecule has 8 aromatic carbocycles. The number of rotatable bonds is 0. The smallest absolute Gasteiger partial charge is 0.00959 e. The maximum absolute atomic E-state index is 2.49. The SMILES string of the molecule is CC1=Cc2cc3c(cc2CC1)c(C)cc1c2cc4c(C)cc5c6cc7cc(C)ccc7cc6c(C)cc5c4cc2c(C)cc31. The van der Waals surface area contributed by atoms with Crippen LogP contribution < -0.4 is 0 Å². The Morgan fingerprint density at radius 2 is 0.818 bits per heavy atom. The Hall–Kier alpha value is -4.68. The molecule has 0 heterocycles. The Balaban J connectivity index is 1.39. The minimum atomic E-state index is 1.14. The van der Waals surface area contributed by atoms with Gasteiger partial charge in [0.05, 0.1) is 0 Å². The molecule has 212 valence electrons. The van der Waals surface area contributed by atoms with E-state index in [0.29, 0.717) is 0 Å². The Bertz CT molecular complexity index is 2640. The molecule has 0 unspecified atom stereocenters. The van der Waals surface area contributed by atoms with Gasteiger partial charge in [0, 0.05) is 0 Å². The van der Waals surface area contributed by atoms with Gasteiger partial charge in [-0.2, -0.15) is 0 Å². The highest BCUT2D eigenvalue weighted by Crippen LogP contribution is 2.42. The molecule has 0 N–H and O–H groups in total. The summed E-state index contributed by atoms with van der Waals surface area (Å²) in [5.41, 5.74) is 11.1. The van der Waals surface area contributed by atoms with Crippen LogP contribution in [0.1, 0.15) is 52.3 Å². The molecule has 44 heavy (non-hydrogen) atoms. The first-order valence-electron chi connectivity index (χ1n) is 16.0. The second kappa shape index (κ2) is 8.93. The van der Waals surface area contributed by atoms with E-state index >= 15 is 0 Å². The largest absolute Gasteiger partial charge is 0.0724 e. The first-order valence-corrected chi connectivity index (χ1v) is 16.0. The van der Waals surface area contributed by atoms with E-state index in [1.54, 1.807) is 0 Å². The van der Waals surface area contributed by atoms with E-state index < -0.39 is 0 Å². The van der Waals surface area contributed by atoms with Crippen LogP contribution >= 0.6 is 0 Å². The molecule has 0 bridgehead atoms. The third-order valence-electron chi connectivity index (χ3n) is 10.6. The van der Waals surface area contributed by atoms with E-state index in [1.807, 2.05) is 0 Å². The van der Waals surface area contributed by atoms with Crippen LogP contribution in [-0.4, -0.2) is 0 Å². The molecule has 0 spiro atoms. The molecule has 0 saturated heterocycles. The van der Waals surface area contributed by atoms with E-state index in [0.717, 1.165) is 6.42 Å². The summed E-state index contributed by atoms with van der Waals surface area (Å²) in [4.78, 5) is 0. The number of aryl methyl sites for hydroxylation is 6. The molecule has 1 aliphatic carbocycles. The zero-order valence-electron chi connectivity index (χ0n) is 26.5. The van der Waals surface area contributed by atoms with Crippen LogP contribution in [0.2, 0.25) is 0 Å². The van der Waals surface area contributed by atoms with Crippen molar-refractivity contribution in [1.82, 2.24) is 0 Å². The second-order valence-electron chi connectivity index (χ2n) is 13.7. The third-order valence-corrected chi connectivity index (χ3v) is 10.6. The molecule has 0 fully saturated rings. The zero-order chi connectivity index (χ0) is 30.0. The van der Waals surface area contributed by atoms with Gasteiger partial charge in [0.25, 0.3) is 0 Å². The van der Waals surface area contributed by atoms with Crippen molar-refractivity contribution in [3.05, 3.63) is 123 Å². The number of fused-ring (bicyclic) bond motifs is 12. The van der Waals surface area contributed by atoms with Crippen molar-refractivity contribution in [3.8, 4) is 0 Å². The van der Waals surface area contributed by atoms with Crippen LogP contribution in [0.5, 0.6) is 0 Å². The molecular formula is C44H36. The minimum absolute atomic E-state index is 1.14. The molecule has 0 aliphatic heterocycles. The minimum Gasteiger partial charge on any atom is -0.0724 e. The number of hydrogen-bond acceptors (Lipinski definition) is 0. The van der Waals surface area contributed by atoms with Gasteiger partial charge in [-0.1, -0.05) is 65.7 Å². The van der Waals surface area contributed by atoms with Crippen molar-refractivity contribution in [1.29, 1.82) is 0 Å². The second-order valence-corrected chi connectivity index (χ2v) is 13.7. The van der Waals surface area contributed by atoms with Crippen LogP contribution in [0.15, 0.2) is 84.4 Å². The van der Waals surface area contributed by atoms with E-state index in [4.69, 9.17) is 0 Å². The predicted molar refractivity (Wildman–Crippen MR) is 195 cm³/mol. The molecule has 1 aliphatic rings. The molecule has 0 atom stereocenters. The molecule has 0 radical (unpaired) electrons. The van der Waals surface area contributed by atoms with E-state index in [2.05, 4.69) is 126 Å². The summed E-state index contributed by atoms with van der Waals surface area (Å²) in [6.45, 7) is 13.6. The van der Waals surface area contributed by atoms with E-state index in [-0.39, 0.29) is 0 Å². The highest BCUT2D eigenvalue weighted by atomic mass is 14.2. The molecular weight excluding hydrogens is 528 g/mol. The molecule has 0 aromatic heterocycles. The van der Waals surface area contributed by atoms with Gasteiger partial charge in [0.2, 0.25) is 0 Å². The van der Waals surface area contributed by atoms with Crippen molar-refractivity contribution in [2.24, 2.45) is 0 Å². The van der Waals surface area contributed by atoms with Crippen molar-refractivity contribution >= 4 is 81.5 Å². The lowest BCUT2D eigenvalue weighted by Crippen LogP contribution is -1.98. The standard InChI is InChI=1S/C44H36/c1-23-7-9-29-17-33-25(3)13-39-37(41(33)19-31(29)11-23)15-27(5)35-22-44-36(21-43(35)39)28(6)16-38-40(44)14-26(4)34-18-30-10-8-24(2)12-32(30)20-42(34)38/h7,9,11-22H,8,10H2,1-6H3. The number of benzene rings is 8. The monoisotopic (exact) mass is 564 g/mol. The van der Waals surface area contributed by atoms with Gasteiger partial charge in [-0.25, -0.2) is 0 Å². The summed E-state index contributed by atoms with van der Waals surface area (Å²) in [5, 5.41) is 19.0. The average Bonchev–Trinajstić information content (AvgIpc) is 3.00. The maximum atomic E-state index is 2.49. The zero-order valence-corrected chi connectivity index (χ0v) is 26.5. The van der Waals surface area contributed by atoms with Crippen LogP contribution in [0.25, 0.3) is 81.5 Å².